The molecule has 3 N–H and O–H groups in total. The zero-order valence-electron chi connectivity index (χ0n) is 12.5. The SMILES string of the molecule is CCC(C)(C)NCC(=O)c1cc(Cl)c(N)c(C(F)(F)F)c1.Cl. The van der Waals surface area contributed by atoms with Crippen molar-refractivity contribution in [3.63, 3.8) is 0 Å². The topological polar surface area (TPSA) is 55.1 Å². The van der Waals surface area contributed by atoms with E-state index in [0.29, 0.717) is 0 Å². The highest BCUT2D eigenvalue weighted by Gasteiger charge is 2.34. The number of hydrogen-bond donors (Lipinski definition) is 2. The van der Waals surface area contributed by atoms with Gasteiger partial charge >= 0.3 is 6.18 Å². The molecule has 0 aliphatic rings. The highest BCUT2D eigenvalue weighted by Crippen LogP contribution is 2.37. The van der Waals surface area contributed by atoms with Crippen molar-refractivity contribution in [1.82, 2.24) is 5.32 Å². The summed E-state index contributed by atoms with van der Waals surface area (Å²) >= 11 is 5.69. The lowest BCUT2D eigenvalue weighted by molar-refractivity contribution is -0.136. The van der Waals surface area contributed by atoms with Crippen molar-refractivity contribution in [2.75, 3.05) is 12.3 Å². The Balaban J connectivity index is 0.00000441. The van der Waals surface area contributed by atoms with E-state index in [2.05, 4.69) is 5.32 Å². The van der Waals surface area contributed by atoms with E-state index in [1.807, 2.05) is 20.8 Å². The first-order chi connectivity index (χ1) is 9.48. The third kappa shape index (κ3) is 5.34. The van der Waals surface area contributed by atoms with Gasteiger partial charge in [-0.3, -0.25) is 4.79 Å². The van der Waals surface area contributed by atoms with Gasteiger partial charge in [0.15, 0.2) is 5.78 Å². The third-order valence-electron chi connectivity index (χ3n) is 3.37. The molecule has 22 heavy (non-hydrogen) atoms. The number of benzene rings is 1. The van der Waals surface area contributed by atoms with Crippen LogP contribution in [0.2, 0.25) is 5.02 Å². The monoisotopic (exact) mass is 358 g/mol. The third-order valence-corrected chi connectivity index (χ3v) is 3.68. The van der Waals surface area contributed by atoms with E-state index in [9.17, 15) is 18.0 Å². The van der Waals surface area contributed by atoms with E-state index in [1.165, 1.54) is 0 Å². The van der Waals surface area contributed by atoms with E-state index in [1.54, 1.807) is 0 Å². The van der Waals surface area contributed by atoms with Gasteiger partial charge in [0.1, 0.15) is 0 Å². The lowest BCUT2D eigenvalue weighted by Gasteiger charge is -2.24. The van der Waals surface area contributed by atoms with Crippen LogP contribution in [-0.2, 0) is 6.18 Å². The minimum Gasteiger partial charge on any atom is -0.397 e. The van der Waals surface area contributed by atoms with Crippen LogP contribution >= 0.6 is 24.0 Å². The van der Waals surface area contributed by atoms with Crippen LogP contribution in [-0.4, -0.2) is 17.9 Å². The number of ketones is 1. The summed E-state index contributed by atoms with van der Waals surface area (Å²) in [5.74, 6) is -0.469. The number of carbonyl (C=O) groups is 1. The average Bonchev–Trinajstić information content (AvgIpc) is 2.37. The Hall–Kier alpha value is -0.980. The van der Waals surface area contributed by atoms with Crippen LogP contribution in [0.15, 0.2) is 12.1 Å². The molecule has 0 radical (unpaired) electrons. The molecule has 0 fully saturated rings. The van der Waals surface area contributed by atoms with Gasteiger partial charge in [0.25, 0.3) is 0 Å². The minimum atomic E-state index is -4.65. The van der Waals surface area contributed by atoms with Gasteiger partial charge in [0.05, 0.1) is 22.8 Å². The van der Waals surface area contributed by atoms with Crippen molar-refractivity contribution in [2.45, 2.75) is 38.9 Å². The number of nitrogens with two attached hydrogens (primary N) is 1. The largest absolute Gasteiger partial charge is 0.418 e. The van der Waals surface area contributed by atoms with Crippen molar-refractivity contribution in [3.05, 3.63) is 28.3 Å². The molecule has 1 aromatic rings. The van der Waals surface area contributed by atoms with Gasteiger partial charge in [0.2, 0.25) is 0 Å². The first-order valence-corrected chi connectivity index (χ1v) is 6.80. The van der Waals surface area contributed by atoms with E-state index in [0.717, 1.165) is 18.6 Å². The Morgan fingerprint density at radius 1 is 1.32 bits per heavy atom. The van der Waals surface area contributed by atoms with Crippen molar-refractivity contribution >= 4 is 35.5 Å². The van der Waals surface area contributed by atoms with Gasteiger partial charge in [-0.25, -0.2) is 0 Å². The number of nitrogens with one attached hydrogen (secondary N) is 1. The van der Waals surface area contributed by atoms with Crippen LogP contribution in [0.3, 0.4) is 0 Å². The number of alkyl halides is 3. The molecule has 0 amide bonds. The summed E-state index contributed by atoms with van der Waals surface area (Å²) in [7, 11) is 0. The van der Waals surface area contributed by atoms with E-state index in [4.69, 9.17) is 17.3 Å². The van der Waals surface area contributed by atoms with E-state index in [-0.39, 0.29) is 35.1 Å². The van der Waals surface area contributed by atoms with Gasteiger partial charge in [-0.15, -0.1) is 12.4 Å². The predicted octanol–water partition coefficient (Wildman–Crippen LogP) is 4.32. The van der Waals surface area contributed by atoms with Crippen LogP contribution in [0, 0.1) is 0 Å². The Labute approximate surface area is 138 Å². The molecular weight excluding hydrogens is 340 g/mol. The molecule has 0 aromatic heterocycles. The van der Waals surface area contributed by atoms with E-state index < -0.39 is 23.2 Å². The first-order valence-electron chi connectivity index (χ1n) is 6.42. The fraction of sp³-hybridized carbons (Fsp3) is 0.500. The maximum Gasteiger partial charge on any atom is 0.418 e. The molecular formula is C14H19Cl2F3N2O. The maximum absolute atomic E-state index is 12.8. The smallest absolute Gasteiger partial charge is 0.397 e. The summed E-state index contributed by atoms with van der Waals surface area (Å²) in [6, 6.07) is 1.90. The van der Waals surface area contributed by atoms with Crippen LogP contribution in [0.4, 0.5) is 18.9 Å². The quantitative estimate of drug-likeness (QED) is 0.608. The number of rotatable bonds is 5. The van der Waals surface area contributed by atoms with Crippen molar-refractivity contribution in [1.29, 1.82) is 0 Å². The molecule has 0 saturated carbocycles. The summed E-state index contributed by atoms with van der Waals surface area (Å²) in [5, 5.41) is 2.72. The number of Topliss-reactive ketones (excluding diaryl/α,β-unsaturated/α-hetero) is 1. The van der Waals surface area contributed by atoms with Crippen molar-refractivity contribution in [2.24, 2.45) is 0 Å². The molecule has 0 aliphatic carbocycles. The predicted molar refractivity (Wildman–Crippen MR) is 84.8 cm³/mol. The second-order valence-electron chi connectivity index (χ2n) is 5.43. The van der Waals surface area contributed by atoms with Gasteiger partial charge in [-0.05, 0) is 32.4 Å². The molecule has 1 rings (SSSR count). The molecule has 0 bridgehead atoms. The normalized spacial score (nSPS) is 12.0. The minimum absolute atomic E-state index is 0. The zero-order valence-corrected chi connectivity index (χ0v) is 14.0. The van der Waals surface area contributed by atoms with E-state index >= 15 is 0 Å². The lowest BCUT2D eigenvalue weighted by Crippen LogP contribution is -2.41. The lowest BCUT2D eigenvalue weighted by atomic mass is 10.0. The van der Waals surface area contributed by atoms with Crippen LogP contribution in [0.1, 0.15) is 43.1 Å². The Kier molecular flexibility index (Phi) is 7.19. The fourth-order valence-electron chi connectivity index (χ4n) is 1.56. The molecule has 0 saturated heterocycles. The molecule has 0 spiro atoms. The summed E-state index contributed by atoms with van der Waals surface area (Å²) in [6.07, 6.45) is -3.88. The molecule has 0 atom stereocenters. The average molecular weight is 359 g/mol. The van der Waals surface area contributed by atoms with Crippen LogP contribution < -0.4 is 11.1 Å². The molecule has 8 heteroatoms. The summed E-state index contributed by atoms with van der Waals surface area (Å²) < 4.78 is 38.5. The first kappa shape index (κ1) is 21.0. The number of nitrogen functional groups attached to an aromatic ring is 1. The second-order valence-corrected chi connectivity index (χ2v) is 5.84. The highest BCUT2D eigenvalue weighted by molar-refractivity contribution is 6.33. The van der Waals surface area contributed by atoms with Crippen LogP contribution in [0.5, 0.6) is 0 Å². The molecule has 1 aromatic carbocycles. The number of halogens is 5. The van der Waals surface area contributed by atoms with Gasteiger partial charge in [0, 0.05) is 11.1 Å². The van der Waals surface area contributed by atoms with Gasteiger partial charge < -0.3 is 11.1 Å². The molecule has 126 valence electrons. The Morgan fingerprint density at radius 3 is 2.32 bits per heavy atom. The maximum atomic E-state index is 12.8. The number of anilines is 1. The molecule has 3 nitrogen and oxygen atoms in total. The molecule has 0 aliphatic heterocycles. The fourth-order valence-corrected chi connectivity index (χ4v) is 1.78. The summed E-state index contributed by atoms with van der Waals surface area (Å²) in [5.41, 5.74) is 3.28. The number of carbonyl (C=O) groups excluding carboxylic acids is 1. The van der Waals surface area contributed by atoms with Crippen LogP contribution in [0.25, 0.3) is 0 Å². The van der Waals surface area contributed by atoms with Gasteiger partial charge in [-0.1, -0.05) is 18.5 Å². The summed E-state index contributed by atoms with van der Waals surface area (Å²) in [6.45, 7) is 5.67. The highest BCUT2D eigenvalue weighted by atomic mass is 35.5. The second kappa shape index (κ2) is 7.53. The standard InChI is InChI=1S/C14H18ClF3N2O.ClH/c1-4-13(2,3)20-7-11(21)8-5-9(14(16,17)18)12(19)10(15)6-8;/h5-6,20H,4,7,19H2,1-3H3;1H. The zero-order chi connectivity index (χ0) is 16.4. The molecule has 0 heterocycles. The van der Waals surface area contributed by atoms with Crippen molar-refractivity contribution < 1.29 is 18.0 Å². The number of hydrogen-bond acceptors (Lipinski definition) is 3. The Bertz CT molecular complexity index is 546. The molecule has 0 unspecified atom stereocenters. The summed E-state index contributed by atoms with van der Waals surface area (Å²) in [4.78, 5) is 12.0. The van der Waals surface area contributed by atoms with Crippen molar-refractivity contribution in [3.8, 4) is 0 Å². The van der Waals surface area contributed by atoms with Gasteiger partial charge in [-0.2, -0.15) is 13.2 Å². The Morgan fingerprint density at radius 2 is 1.86 bits per heavy atom.